The van der Waals surface area contributed by atoms with Crippen molar-refractivity contribution in [3.8, 4) is 5.69 Å². The fraction of sp³-hybridized carbons (Fsp3) is 0.130. The first kappa shape index (κ1) is 21.8. The Balaban J connectivity index is 1.56. The van der Waals surface area contributed by atoms with Crippen LogP contribution in [0.1, 0.15) is 21.6 Å². The molecule has 1 aliphatic rings. The molecule has 0 radical (unpaired) electrons. The highest BCUT2D eigenvalue weighted by Crippen LogP contribution is 2.31. The predicted octanol–water partition coefficient (Wildman–Crippen LogP) is 3.57. The summed E-state index contributed by atoms with van der Waals surface area (Å²) in [6, 6.07) is 16.0. The summed E-state index contributed by atoms with van der Waals surface area (Å²) in [4.78, 5) is 39.9. The summed E-state index contributed by atoms with van der Waals surface area (Å²) in [5, 5.41) is 2.75. The Morgan fingerprint density at radius 1 is 1.03 bits per heavy atom. The van der Waals surface area contributed by atoms with E-state index < -0.39 is 0 Å². The van der Waals surface area contributed by atoms with Crippen LogP contribution in [0.3, 0.4) is 0 Å². The highest BCUT2D eigenvalue weighted by Gasteiger charge is 2.28. The molecule has 0 saturated carbocycles. The number of hydrogen-bond acceptors (Lipinski definition) is 5. The zero-order chi connectivity index (χ0) is 23.0. The van der Waals surface area contributed by atoms with Gasteiger partial charge in [0.2, 0.25) is 0 Å². The van der Waals surface area contributed by atoms with Crippen molar-refractivity contribution in [3.05, 3.63) is 86.7 Å². The Kier molecular flexibility index (Phi) is 5.86. The third-order valence-corrected chi connectivity index (χ3v) is 6.73. The van der Waals surface area contributed by atoms with E-state index in [1.165, 1.54) is 21.3 Å². The molecule has 7 nitrogen and oxygen atoms in total. The molecular formula is C23H20N4O3S2. The van der Waals surface area contributed by atoms with Gasteiger partial charge in [0, 0.05) is 19.7 Å². The normalized spacial score (nSPS) is 15.0. The standard InChI is InChI=1S/C23H20N4O3S2/c1-14-19(22(30)27(26(14)3)17-7-5-4-6-8-17)24-20(28)16-11-9-15(10-12-16)13-18-21(29)25(2)23(31)32-18/h4-13H,1-3H3,(H,24,28)/b18-13-. The number of hydrogen-bond donors (Lipinski definition) is 1. The summed E-state index contributed by atoms with van der Waals surface area (Å²) in [5.41, 5.74) is 2.47. The minimum Gasteiger partial charge on any atom is -0.316 e. The zero-order valence-electron chi connectivity index (χ0n) is 17.7. The van der Waals surface area contributed by atoms with Crippen molar-refractivity contribution in [1.82, 2.24) is 14.3 Å². The molecule has 9 heteroatoms. The van der Waals surface area contributed by atoms with Gasteiger partial charge >= 0.3 is 0 Å². The molecule has 0 aliphatic carbocycles. The van der Waals surface area contributed by atoms with Gasteiger partial charge in [0.15, 0.2) is 0 Å². The van der Waals surface area contributed by atoms with E-state index in [0.717, 1.165) is 5.56 Å². The van der Waals surface area contributed by atoms with E-state index in [4.69, 9.17) is 12.2 Å². The SMILES string of the molecule is Cc1c(NC(=O)c2ccc(/C=C3\SC(=S)N(C)C3=O)cc2)c(=O)n(-c2ccccc2)n1C. The molecule has 1 N–H and O–H groups in total. The van der Waals surface area contributed by atoms with Gasteiger partial charge in [0.25, 0.3) is 17.4 Å². The zero-order valence-corrected chi connectivity index (χ0v) is 19.3. The Bertz CT molecular complexity index is 1320. The van der Waals surface area contributed by atoms with Crippen LogP contribution in [0.2, 0.25) is 0 Å². The maximum Gasteiger partial charge on any atom is 0.295 e. The second kappa shape index (κ2) is 8.60. The number of aromatic nitrogens is 2. The van der Waals surface area contributed by atoms with E-state index in [1.807, 2.05) is 30.3 Å². The summed E-state index contributed by atoms with van der Waals surface area (Å²) < 4.78 is 3.73. The van der Waals surface area contributed by atoms with Gasteiger partial charge in [0.05, 0.1) is 16.3 Å². The molecule has 1 fully saturated rings. The Labute approximate surface area is 194 Å². The molecule has 2 amide bonds. The molecule has 3 aromatic rings. The number of carbonyl (C=O) groups is 2. The average Bonchev–Trinajstić information content (AvgIpc) is 3.16. The predicted molar refractivity (Wildman–Crippen MR) is 131 cm³/mol. The molecule has 1 aliphatic heterocycles. The Hall–Kier alpha value is -3.43. The van der Waals surface area contributed by atoms with Crippen LogP contribution < -0.4 is 10.9 Å². The van der Waals surface area contributed by atoms with Crippen LogP contribution in [0, 0.1) is 6.92 Å². The van der Waals surface area contributed by atoms with Crippen LogP contribution in [-0.2, 0) is 11.8 Å². The van der Waals surface area contributed by atoms with Gasteiger partial charge in [-0.1, -0.05) is 54.3 Å². The third kappa shape index (κ3) is 3.92. The molecule has 1 aromatic heterocycles. The third-order valence-electron chi connectivity index (χ3n) is 5.25. The lowest BCUT2D eigenvalue weighted by Gasteiger charge is -2.07. The van der Waals surface area contributed by atoms with E-state index in [2.05, 4.69) is 5.32 Å². The second-order valence-electron chi connectivity index (χ2n) is 7.25. The van der Waals surface area contributed by atoms with Gasteiger partial charge < -0.3 is 5.32 Å². The summed E-state index contributed by atoms with van der Waals surface area (Å²) in [6.45, 7) is 1.78. The number of likely N-dealkylation sites (N-methyl/N-ethyl adjacent to an activating group) is 1. The first-order chi connectivity index (χ1) is 15.3. The van der Waals surface area contributed by atoms with Crippen molar-refractivity contribution in [2.45, 2.75) is 6.92 Å². The van der Waals surface area contributed by atoms with Gasteiger partial charge in [-0.15, -0.1) is 0 Å². The molecule has 2 heterocycles. The van der Waals surface area contributed by atoms with Crippen LogP contribution in [-0.4, -0.2) is 37.4 Å². The maximum atomic E-state index is 13.0. The lowest BCUT2D eigenvalue weighted by atomic mass is 10.1. The van der Waals surface area contributed by atoms with Crippen LogP contribution in [0.4, 0.5) is 5.69 Å². The van der Waals surface area contributed by atoms with Gasteiger partial charge in [-0.05, 0) is 42.8 Å². The number of nitrogens with one attached hydrogen (secondary N) is 1. The minimum absolute atomic E-state index is 0.143. The van der Waals surface area contributed by atoms with Gasteiger partial charge in [-0.3, -0.25) is 24.0 Å². The minimum atomic E-state index is -0.387. The topological polar surface area (TPSA) is 76.3 Å². The summed E-state index contributed by atoms with van der Waals surface area (Å²) in [5.74, 6) is -0.529. The number of thioether (sulfide) groups is 1. The Morgan fingerprint density at radius 3 is 2.28 bits per heavy atom. The maximum absolute atomic E-state index is 13.0. The number of nitrogens with zero attached hydrogens (tertiary/aromatic N) is 3. The molecule has 0 unspecified atom stereocenters. The van der Waals surface area contributed by atoms with Crippen molar-refractivity contribution >= 4 is 51.9 Å². The molecule has 0 bridgehead atoms. The number of benzene rings is 2. The summed E-state index contributed by atoms with van der Waals surface area (Å²) in [7, 11) is 3.41. The lowest BCUT2D eigenvalue weighted by molar-refractivity contribution is -0.121. The molecule has 2 aromatic carbocycles. The largest absolute Gasteiger partial charge is 0.316 e. The number of carbonyl (C=O) groups excluding carboxylic acids is 2. The number of anilines is 1. The first-order valence-corrected chi connectivity index (χ1v) is 11.0. The average molecular weight is 465 g/mol. The van der Waals surface area contributed by atoms with E-state index in [1.54, 1.807) is 56.0 Å². The van der Waals surface area contributed by atoms with E-state index in [0.29, 0.717) is 26.2 Å². The van der Waals surface area contributed by atoms with Crippen molar-refractivity contribution < 1.29 is 9.59 Å². The molecule has 1 saturated heterocycles. The quantitative estimate of drug-likeness (QED) is 0.472. The molecule has 162 valence electrons. The smallest absolute Gasteiger partial charge is 0.295 e. The van der Waals surface area contributed by atoms with Gasteiger partial charge in [0.1, 0.15) is 10.0 Å². The van der Waals surface area contributed by atoms with Crippen molar-refractivity contribution in [3.63, 3.8) is 0 Å². The number of para-hydroxylation sites is 1. The van der Waals surface area contributed by atoms with Crippen LogP contribution in [0.25, 0.3) is 11.8 Å². The molecular weight excluding hydrogens is 444 g/mol. The molecule has 0 spiro atoms. The summed E-state index contributed by atoms with van der Waals surface area (Å²) >= 11 is 6.38. The second-order valence-corrected chi connectivity index (χ2v) is 8.93. The number of thiocarbonyl (C=S) groups is 1. The highest BCUT2D eigenvalue weighted by atomic mass is 32.2. The van der Waals surface area contributed by atoms with Crippen LogP contribution in [0.5, 0.6) is 0 Å². The van der Waals surface area contributed by atoms with Crippen LogP contribution >= 0.6 is 24.0 Å². The molecule has 0 atom stereocenters. The van der Waals surface area contributed by atoms with Gasteiger partial charge in [-0.2, -0.15) is 0 Å². The summed E-state index contributed by atoms with van der Waals surface area (Å²) in [6.07, 6.45) is 1.74. The van der Waals surface area contributed by atoms with Crippen molar-refractivity contribution in [2.75, 3.05) is 12.4 Å². The molecule has 4 rings (SSSR count). The van der Waals surface area contributed by atoms with Gasteiger partial charge in [-0.25, -0.2) is 4.68 Å². The Morgan fingerprint density at radius 2 is 1.69 bits per heavy atom. The fourth-order valence-electron chi connectivity index (χ4n) is 3.33. The van der Waals surface area contributed by atoms with E-state index in [9.17, 15) is 14.4 Å². The number of rotatable bonds is 4. The molecule has 32 heavy (non-hydrogen) atoms. The lowest BCUT2D eigenvalue weighted by Crippen LogP contribution is -2.23. The van der Waals surface area contributed by atoms with Crippen molar-refractivity contribution in [1.29, 1.82) is 0 Å². The van der Waals surface area contributed by atoms with E-state index in [-0.39, 0.29) is 23.1 Å². The van der Waals surface area contributed by atoms with Crippen molar-refractivity contribution in [2.24, 2.45) is 7.05 Å². The number of amides is 2. The van der Waals surface area contributed by atoms with E-state index >= 15 is 0 Å². The first-order valence-electron chi connectivity index (χ1n) is 9.75. The van der Waals surface area contributed by atoms with Crippen LogP contribution in [0.15, 0.2) is 64.3 Å². The fourth-order valence-corrected chi connectivity index (χ4v) is 4.51. The highest BCUT2D eigenvalue weighted by molar-refractivity contribution is 8.26. The monoisotopic (exact) mass is 464 g/mol.